The molecule has 2 aliphatic rings. The zero-order chi connectivity index (χ0) is 14.4. The fraction of sp³-hybridized carbons (Fsp3) is 0.368. The summed E-state index contributed by atoms with van der Waals surface area (Å²) in [5, 5.41) is 0. The van der Waals surface area contributed by atoms with Crippen molar-refractivity contribution >= 4 is 0 Å². The summed E-state index contributed by atoms with van der Waals surface area (Å²) >= 11 is 0. The molecule has 0 radical (unpaired) electrons. The van der Waals surface area contributed by atoms with Crippen molar-refractivity contribution in [3.05, 3.63) is 71.0 Å². The van der Waals surface area contributed by atoms with Gasteiger partial charge in [0.25, 0.3) is 0 Å². The Morgan fingerprint density at radius 1 is 1.00 bits per heavy atom. The number of piperidine rings is 1. The van der Waals surface area contributed by atoms with Gasteiger partial charge in [0.2, 0.25) is 0 Å². The molecule has 0 unspecified atom stereocenters. The first-order valence-electron chi connectivity index (χ1n) is 7.80. The van der Waals surface area contributed by atoms with Gasteiger partial charge in [0.1, 0.15) is 5.82 Å². The summed E-state index contributed by atoms with van der Waals surface area (Å²) in [6.07, 6.45) is 2.51. The summed E-state index contributed by atoms with van der Waals surface area (Å²) in [6, 6.07) is 16.5. The number of benzene rings is 2. The van der Waals surface area contributed by atoms with Gasteiger partial charge in [-0.2, -0.15) is 0 Å². The van der Waals surface area contributed by atoms with Gasteiger partial charge in [0.05, 0.1) is 0 Å². The van der Waals surface area contributed by atoms with Gasteiger partial charge in [-0.05, 0) is 61.2 Å². The maximum Gasteiger partial charge on any atom is 0.123 e. The van der Waals surface area contributed by atoms with Crippen LogP contribution in [0.3, 0.4) is 0 Å². The summed E-state index contributed by atoms with van der Waals surface area (Å²) in [5.41, 5.74) is 4.17. The molecule has 2 aromatic carbocycles. The lowest BCUT2D eigenvalue weighted by molar-refractivity contribution is 0.127. The van der Waals surface area contributed by atoms with Crippen molar-refractivity contribution in [1.29, 1.82) is 0 Å². The number of likely N-dealkylation sites (tertiary alicyclic amines) is 1. The van der Waals surface area contributed by atoms with E-state index in [2.05, 4.69) is 36.2 Å². The molecule has 1 aliphatic carbocycles. The maximum absolute atomic E-state index is 13.3. The van der Waals surface area contributed by atoms with Gasteiger partial charge in [-0.15, -0.1) is 0 Å². The van der Waals surface area contributed by atoms with Gasteiger partial charge in [-0.3, -0.25) is 4.90 Å². The highest BCUT2D eigenvalue weighted by atomic mass is 19.1. The van der Waals surface area contributed by atoms with Crippen LogP contribution in [0.25, 0.3) is 0 Å². The molecule has 108 valence electrons. The second-order valence-electron chi connectivity index (χ2n) is 6.39. The summed E-state index contributed by atoms with van der Waals surface area (Å²) in [7, 11) is 2.24. The monoisotopic (exact) mass is 281 g/mol. The SMILES string of the molecule is CN1CCC[C@H]2[C@@H](c3ccc(F)cc3)c3ccccc3[C@H]21. The molecule has 0 bridgehead atoms. The van der Waals surface area contributed by atoms with E-state index in [-0.39, 0.29) is 5.82 Å². The van der Waals surface area contributed by atoms with Crippen molar-refractivity contribution in [2.45, 2.75) is 24.8 Å². The topological polar surface area (TPSA) is 3.24 Å². The summed E-state index contributed by atoms with van der Waals surface area (Å²) in [4.78, 5) is 2.50. The van der Waals surface area contributed by atoms with Crippen LogP contribution in [-0.4, -0.2) is 18.5 Å². The van der Waals surface area contributed by atoms with Gasteiger partial charge in [-0.25, -0.2) is 4.39 Å². The van der Waals surface area contributed by atoms with Crippen LogP contribution in [0.2, 0.25) is 0 Å². The second kappa shape index (κ2) is 4.96. The highest BCUT2D eigenvalue weighted by Crippen LogP contribution is 2.54. The summed E-state index contributed by atoms with van der Waals surface area (Å²) in [6.45, 7) is 1.17. The average Bonchev–Trinajstić information content (AvgIpc) is 2.84. The minimum atomic E-state index is -0.151. The Bertz CT molecular complexity index is 649. The molecular weight excluding hydrogens is 261 g/mol. The fourth-order valence-corrected chi connectivity index (χ4v) is 4.41. The number of rotatable bonds is 1. The highest BCUT2D eigenvalue weighted by molar-refractivity contribution is 5.46. The predicted molar refractivity (Wildman–Crippen MR) is 82.8 cm³/mol. The molecular formula is C19H20FN. The Morgan fingerprint density at radius 2 is 1.71 bits per heavy atom. The molecule has 1 saturated heterocycles. The Kier molecular flexibility index (Phi) is 3.07. The van der Waals surface area contributed by atoms with Crippen molar-refractivity contribution in [2.24, 2.45) is 5.92 Å². The van der Waals surface area contributed by atoms with E-state index in [0.29, 0.717) is 17.9 Å². The first-order chi connectivity index (χ1) is 10.3. The molecule has 1 fully saturated rings. The first-order valence-corrected chi connectivity index (χ1v) is 7.80. The molecule has 1 heterocycles. The Hall–Kier alpha value is -1.67. The van der Waals surface area contributed by atoms with Crippen LogP contribution in [0.1, 0.15) is 41.5 Å². The van der Waals surface area contributed by atoms with E-state index < -0.39 is 0 Å². The molecule has 1 aliphatic heterocycles. The molecule has 0 N–H and O–H groups in total. The molecule has 1 nitrogen and oxygen atoms in total. The van der Waals surface area contributed by atoms with Crippen LogP contribution >= 0.6 is 0 Å². The molecule has 2 heteroatoms. The normalized spacial score (nSPS) is 28.2. The first kappa shape index (κ1) is 13.0. The van der Waals surface area contributed by atoms with Gasteiger partial charge in [0.15, 0.2) is 0 Å². The smallest absolute Gasteiger partial charge is 0.123 e. The third kappa shape index (κ3) is 2.01. The molecule has 0 saturated carbocycles. The van der Waals surface area contributed by atoms with E-state index in [4.69, 9.17) is 0 Å². The predicted octanol–water partition coefficient (Wildman–Crippen LogP) is 4.35. The van der Waals surface area contributed by atoms with E-state index in [1.165, 1.54) is 36.1 Å². The molecule has 0 aromatic heterocycles. The standard InChI is InChI=1S/C19H20FN/c1-21-12-4-7-17-18(13-8-10-14(20)11-9-13)15-5-2-3-6-16(15)19(17)21/h2-3,5-6,8-11,17-19H,4,7,12H2,1H3/t17-,18-,19+/m0/s1. The Morgan fingerprint density at radius 3 is 2.48 bits per heavy atom. The van der Waals surface area contributed by atoms with Crippen molar-refractivity contribution in [1.82, 2.24) is 4.90 Å². The quantitative estimate of drug-likeness (QED) is 0.751. The Labute approximate surface area is 125 Å². The zero-order valence-electron chi connectivity index (χ0n) is 12.3. The van der Waals surface area contributed by atoms with Gasteiger partial charge >= 0.3 is 0 Å². The van der Waals surface area contributed by atoms with E-state index >= 15 is 0 Å². The number of nitrogens with zero attached hydrogens (tertiary/aromatic N) is 1. The lowest BCUT2D eigenvalue weighted by atomic mass is 9.80. The second-order valence-corrected chi connectivity index (χ2v) is 6.39. The fourth-order valence-electron chi connectivity index (χ4n) is 4.41. The molecule has 0 spiro atoms. The Balaban J connectivity index is 1.84. The van der Waals surface area contributed by atoms with E-state index in [1.807, 2.05) is 12.1 Å². The van der Waals surface area contributed by atoms with Crippen LogP contribution in [0.15, 0.2) is 48.5 Å². The van der Waals surface area contributed by atoms with Crippen LogP contribution in [0.4, 0.5) is 4.39 Å². The summed E-state index contributed by atoms with van der Waals surface area (Å²) in [5.74, 6) is 0.878. The van der Waals surface area contributed by atoms with Gasteiger partial charge < -0.3 is 0 Å². The lowest BCUT2D eigenvalue weighted by Crippen LogP contribution is -2.34. The number of hydrogen-bond acceptors (Lipinski definition) is 1. The zero-order valence-corrected chi connectivity index (χ0v) is 12.3. The van der Waals surface area contributed by atoms with Crippen LogP contribution < -0.4 is 0 Å². The minimum Gasteiger partial charge on any atom is -0.299 e. The molecule has 0 amide bonds. The van der Waals surface area contributed by atoms with E-state index in [0.717, 1.165) is 0 Å². The van der Waals surface area contributed by atoms with E-state index in [1.54, 1.807) is 12.1 Å². The lowest BCUT2D eigenvalue weighted by Gasteiger charge is -2.37. The van der Waals surface area contributed by atoms with Crippen molar-refractivity contribution in [3.8, 4) is 0 Å². The van der Waals surface area contributed by atoms with Crippen LogP contribution in [0, 0.1) is 11.7 Å². The molecule has 21 heavy (non-hydrogen) atoms. The van der Waals surface area contributed by atoms with Crippen molar-refractivity contribution in [3.63, 3.8) is 0 Å². The molecule has 2 aromatic rings. The number of hydrogen-bond donors (Lipinski definition) is 0. The largest absolute Gasteiger partial charge is 0.299 e. The minimum absolute atomic E-state index is 0.151. The third-order valence-electron chi connectivity index (χ3n) is 5.24. The summed E-state index contributed by atoms with van der Waals surface area (Å²) < 4.78 is 13.3. The van der Waals surface area contributed by atoms with E-state index in [9.17, 15) is 4.39 Å². The average molecular weight is 281 g/mol. The molecule has 4 rings (SSSR count). The molecule has 3 atom stereocenters. The van der Waals surface area contributed by atoms with Gasteiger partial charge in [0, 0.05) is 12.0 Å². The third-order valence-corrected chi connectivity index (χ3v) is 5.24. The number of fused-ring (bicyclic) bond motifs is 3. The van der Waals surface area contributed by atoms with Gasteiger partial charge in [-0.1, -0.05) is 36.4 Å². The van der Waals surface area contributed by atoms with Crippen LogP contribution in [-0.2, 0) is 0 Å². The number of halogens is 1. The van der Waals surface area contributed by atoms with Crippen molar-refractivity contribution in [2.75, 3.05) is 13.6 Å². The highest BCUT2D eigenvalue weighted by Gasteiger charge is 2.44. The maximum atomic E-state index is 13.3. The van der Waals surface area contributed by atoms with Crippen molar-refractivity contribution < 1.29 is 4.39 Å². The van der Waals surface area contributed by atoms with Crippen LogP contribution in [0.5, 0.6) is 0 Å².